The Hall–Kier alpha value is -1.77. The first-order valence-corrected chi connectivity index (χ1v) is 7.98. The standard InChI is InChI=1S/C18H23NO2/c1-13-12-19(10-9-14-5-3-2-4-6-14)17-11-15(18(20)21)7-8-16(13)17/h7-8,11-12,14H,2-6,9-10H2,1H3,(H,20,21). The van der Waals surface area contributed by atoms with Gasteiger partial charge in [-0.1, -0.05) is 38.2 Å². The molecule has 3 rings (SSSR count). The number of carboxylic acid groups (broad SMARTS) is 1. The van der Waals surface area contributed by atoms with E-state index >= 15 is 0 Å². The lowest BCUT2D eigenvalue weighted by atomic mass is 9.87. The zero-order valence-corrected chi connectivity index (χ0v) is 12.6. The van der Waals surface area contributed by atoms with E-state index in [-0.39, 0.29) is 0 Å². The summed E-state index contributed by atoms with van der Waals surface area (Å²) in [5.41, 5.74) is 2.66. The summed E-state index contributed by atoms with van der Waals surface area (Å²) in [6.07, 6.45) is 10.2. The van der Waals surface area contributed by atoms with Gasteiger partial charge in [-0.2, -0.15) is 0 Å². The molecule has 0 unspecified atom stereocenters. The van der Waals surface area contributed by atoms with Crippen molar-refractivity contribution < 1.29 is 9.90 Å². The largest absolute Gasteiger partial charge is 0.478 e. The van der Waals surface area contributed by atoms with Crippen LogP contribution < -0.4 is 0 Å². The van der Waals surface area contributed by atoms with E-state index in [9.17, 15) is 4.79 Å². The van der Waals surface area contributed by atoms with Gasteiger partial charge >= 0.3 is 5.97 Å². The summed E-state index contributed by atoms with van der Waals surface area (Å²) in [5, 5.41) is 10.3. The van der Waals surface area contributed by atoms with Crippen LogP contribution in [0, 0.1) is 12.8 Å². The van der Waals surface area contributed by atoms with E-state index in [1.165, 1.54) is 49.5 Å². The monoisotopic (exact) mass is 285 g/mol. The molecule has 1 aromatic heterocycles. The third-order valence-electron chi connectivity index (χ3n) is 4.83. The van der Waals surface area contributed by atoms with E-state index in [2.05, 4.69) is 17.7 Å². The van der Waals surface area contributed by atoms with Crippen molar-refractivity contribution in [3.8, 4) is 0 Å². The van der Waals surface area contributed by atoms with Crippen molar-refractivity contribution in [2.24, 2.45) is 5.92 Å². The lowest BCUT2D eigenvalue weighted by Crippen LogP contribution is -2.09. The van der Waals surface area contributed by atoms with Crippen LogP contribution in [0.15, 0.2) is 24.4 Å². The number of carboxylic acids is 1. The van der Waals surface area contributed by atoms with Crippen LogP contribution in [0.2, 0.25) is 0 Å². The van der Waals surface area contributed by atoms with E-state index in [0.717, 1.165) is 18.0 Å². The average Bonchev–Trinajstić information content (AvgIpc) is 2.82. The van der Waals surface area contributed by atoms with Crippen LogP contribution in [0.4, 0.5) is 0 Å². The number of fused-ring (bicyclic) bond motifs is 1. The molecule has 1 aliphatic carbocycles. The molecule has 1 N–H and O–H groups in total. The van der Waals surface area contributed by atoms with Gasteiger partial charge in [0.1, 0.15) is 0 Å². The molecule has 0 spiro atoms. The van der Waals surface area contributed by atoms with Crippen molar-refractivity contribution in [3.63, 3.8) is 0 Å². The van der Waals surface area contributed by atoms with E-state index < -0.39 is 5.97 Å². The maximum Gasteiger partial charge on any atom is 0.335 e. The first kappa shape index (κ1) is 14.2. The van der Waals surface area contributed by atoms with Gasteiger partial charge in [0.25, 0.3) is 0 Å². The van der Waals surface area contributed by atoms with E-state index in [1.54, 1.807) is 6.07 Å². The highest BCUT2D eigenvalue weighted by Gasteiger charge is 2.15. The second kappa shape index (κ2) is 5.92. The number of aryl methyl sites for hydroxylation is 2. The van der Waals surface area contributed by atoms with Gasteiger partial charge in [0.15, 0.2) is 0 Å². The Kier molecular flexibility index (Phi) is 4.00. The van der Waals surface area contributed by atoms with Crippen LogP contribution in [0.25, 0.3) is 10.9 Å². The van der Waals surface area contributed by atoms with Crippen LogP contribution >= 0.6 is 0 Å². The SMILES string of the molecule is Cc1cn(CCC2CCCCC2)c2cc(C(=O)O)ccc12. The number of rotatable bonds is 4. The van der Waals surface area contributed by atoms with Gasteiger partial charge in [0, 0.05) is 23.6 Å². The van der Waals surface area contributed by atoms with Crippen LogP contribution in [0.5, 0.6) is 0 Å². The predicted octanol–water partition coefficient (Wildman–Crippen LogP) is 4.62. The molecule has 1 saturated carbocycles. The molecule has 3 nitrogen and oxygen atoms in total. The molecule has 21 heavy (non-hydrogen) atoms. The molecule has 0 radical (unpaired) electrons. The smallest absolute Gasteiger partial charge is 0.335 e. The summed E-state index contributed by atoms with van der Waals surface area (Å²) < 4.78 is 2.24. The molecule has 0 aliphatic heterocycles. The van der Waals surface area contributed by atoms with Crippen molar-refractivity contribution in [1.82, 2.24) is 4.57 Å². The van der Waals surface area contributed by atoms with Crippen LogP contribution in [-0.4, -0.2) is 15.6 Å². The lowest BCUT2D eigenvalue weighted by molar-refractivity contribution is 0.0697. The van der Waals surface area contributed by atoms with Gasteiger partial charge in [-0.25, -0.2) is 4.79 Å². The number of benzene rings is 1. The average molecular weight is 285 g/mol. The van der Waals surface area contributed by atoms with Crippen molar-refractivity contribution in [2.75, 3.05) is 0 Å². The molecule has 1 aliphatic rings. The molecule has 1 heterocycles. The first-order valence-electron chi connectivity index (χ1n) is 7.98. The van der Waals surface area contributed by atoms with E-state index in [1.807, 2.05) is 12.1 Å². The molecule has 112 valence electrons. The van der Waals surface area contributed by atoms with Crippen molar-refractivity contribution in [3.05, 3.63) is 35.5 Å². The maximum atomic E-state index is 11.2. The molecule has 2 aromatic rings. The maximum absolute atomic E-state index is 11.2. The number of hydrogen-bond donors (Lipinski definition) is 1. The number of aromatic nitrogens is 1. The highest BCUT2D eigenvalue weighted by atomic mass is 16.4. The summed E-state index contributed by atoms with van der Waals surface area (Å²) in [6, 6.07) is 5.44. The molecule has 3 heteroatoms. The summed E-state index contributed by atoms with van der Waals surface area (Å²) >= 11 is 0. The third-order valence-corrected chi connectivity index (χ3v) is 4.83. The minimum absolute atomic E-state index is 0.375. The number of carbonyl (C=O) groups is 1. The fraction of sp³-hybridized carbons (Fsp3) is 0.500. The van der Waals surface area contributed by atoms with Gasteiger partial charge in [0.2, 0.25) is 0 Å². The summed E-state index contributed by atoms with van der Waals surface area (Å²) in [6.45, 7) is 3.10. The second-order valence-corrected chi connectivity index (χ2v) is 6.34. The predicted molar refractivity (Wildman–Crippen MR) is 84.8 cm³/mol. The Bertz CT molecular complexity index is 651. The zero-order chi connectivity index (χ0) is 14.8. The molecule has 1 aromatic carbocycles. The van der Waals surface area contributed by atoms with Gasteiger partial charge in [-0.15, -0.1) is 0 Å². The topological polar surface area (TPSA) is 42.2 Å². The highest BCUT2D eigenvalue weighted by Crippen LogP contribution is 2.28. The molecule has 1 fully saturated rings. The number of aromatic carboxylic acids is 1. The molecule has 0 amide bonds. The third kappa shape index (κ3) is 2.97. The Morgan fingerprint density at radius 1 is 1.29 bits per heavy atom. The van der Waals surface area contributed by atoms with Crippen molar-refractivity contribution in [1.29, 1.82) is 0 Å². The normalized spacial score (nSPS) is 16.4. The molecule has 0 atom stereocenters. The second-order valence-electron chi connectivity index (χ2n) is 6.34. The summed E-state index contributed by atoms with van der Waals surface area (Å²) in [7, 11) is 0. The summed E-state index contributed by atoms with van der Waals surface area (Å²) in [4.78, 5) is 11.2. The lowest BCUT2D eigenvalue weighted by Gasteiger charge is -2.21. The van der Waals surface area contributed by atoms with Crippen molar-refractivity contribution in [2.45, 2.75) is 52.0 Å². The fourth-order valence-electron chi connectivity index (χ4n) is 3.59. The van der Waals surface area contributed by atoms with Crippen molar-refractivity contribution >= 4 is 16.9 Å². The first-order chi connectivity index (χ1) is 10.1. The summed E-state index contributed by atoms with van der Waals surface area (Å²) in [5.74, 6) is -0.00579. The van der Waals surface area contributed by atoms with Crippen LogP contribution in [0.1, 0.15) is 54.4 Å². The molecular formula is C18H23NO2. The Morgan fingerprint density at radius 3 is 2.76 bits per heavy atom. The quantitative estimate of drug-likeness (QED) is 0.890. The zero-order valence-electron chi connectivity index (χ0n) is 12.6. The van der Waals surface area contributed by atoms with Crippen LogP contribution in [0.3, 0.4) is 0 Å². The van der Waals surface area contributed by atoms with Gasteiger partial charge in [0.05, 0.1) is 5.56 Å². The number of nitrogens with zero attached hydrogens (tertiary/aromatic N) is 1. The van der Waals surface area contributed by atoms with Gasteiger partial charge in [-0.3, -0.25) is 0 Å². The van der Waals surface area contributed by atoms with E-state index in [4.69, 9.17) is 5.11 Å². The molecule has 0 bridgehead atoms. The number of hydrogen-bond acceptors (Lipinski definition) is 1. The minimum atomic E-state index is -0.852. The Balaban J connectivity index is 1.83. The van der Waals surface area contributed by atoms with E-state index in [0.29, 0.717) is 5.56 Å². The molecular weight excluding hydrogens is 262 g/mol. The Morgan fingerprint density at radius 2 is 2.05 bits per heavy atom. The Labute approximate surface area is 125 Å². The minimum Gasteiger partial charge on any atom is -0.478 e. The van der Waals surface area contributed by atoms with Gasteiger partial charge < -0.3 is 9.67 Å². The van der Waals surface area contributed by atoms with Gasteiger partial charge in [-0.05, 0) is 37.0 Å². The fourth-order valence-corrected chi connectivity index (χ4v) is 3.59. The van der Waals surface area contributed by atoms with Crippen LogP contribution in [-0.2, 0) is 6.54 Å². The highest BCUT2D eigenvalue weighted by molar-refractivity contribution is 5.94. The molecule has 0 saturated heterocycles.